The van der Waals surface area contributed by atoms with E-state index in [1.807, 2.05) is 18.2 Å². The minimum absolute atomic E-state index is 0.0545. The van der Waals surface area contributed by atoms with Gasteiger partial charge in [-0.2, -0.15) is 5.26 Å². The number of halogens is 1. The number of nitrogens with zero attached hydrogens (tertiary/aromatic N) is 2. The molecule has 6 heteroatoms. The van der Waals surface area contributed by atoms with Gasteiger partial charge < -0.3 is 15.0 Å². The van der Waals surface area contributed by atoms with Gasteiger partial charge in [-0.3, -0.25) is 0 Å². The molecule has 1 saturated heterocycles. The van der Waals surface area contributed by atoms with Crippen LogP contribution in [0.15, 0.2) is 48.5 Å². The summed E-state index contributed by atoms with van der Waals surface area (Å²) < 4.78 is 5.94. The van der Waals surface area contributed by atoms with Gasteiger partial charge >= 0.3 is 6.03 Å². The molecular formula is C19H18ClN3O2. The lowest BCUT2D eigenvalue weighted by Gasteiger charge is -2.32. The summed E-state index contributed by atoms with van der Waals surface area (Å²) >= 11 is 6.11. The Bertz CT molecular complexity index is 778. The number of benzene rings is 2. The Morgan fingerprint density at radius 2 is 1.84 bits per heavy atom. The Hall–Kier alpha value is -2.71. The SMILES string of the molecule is N#Cc1ccc(NC(=O)N2CCC(Oc3ccccc3Cl)CC2)cc1. The smallest absolute Gasteiger partial charge is 0.321 e. The van der Waals surface area contributed by atoms with Crippen LogP contribution in [0.2, 0.25) is 5.02 Å². The van der Waals surface area contributed by atoms with E-state index in [0.29, 0.717) is 35.1 Å². The summed E-state index contributed by atoms with van der Waals surface area (Å²) in [4.78, 5) is 14.1. The number of urea groups is 1. The lowest BCUT2D eigenvalue weighted by atomic mass is 10.1. The fourth-order valence-electron chi connectivity index (χ4n) is 2.73. The van der Waals surface area contributed by atoms with Crippen molar-refractivity contribution in [2.75, 3.05) is 18.4 Å². The molecule has 2 aromatic rings. The summed E-state index contributed by atoms with van der Waals surface area (Å²) in [6, 6.07) is 16.1. The van der Waals surface area contributed by atoms with E-state index in [0.717, 1.165) is 12.8 Å². The summed E-state index contributed by atoms with van der Waals surface area (Å²) in [7, 11) is 0. The summed E-state index contributed by atoms with van der Waals surface area (Å²) in [5, 5.41) is 12.2. The van der Waals surface area contributed by atoms with Crippen LogP contribution in [-0.4, -0.2) is 30.1 Å². The predicted molar refractivity (Wildman–Crippen MR) is 96.9 cm³/mol. The van der Waals surface area contributed by atoms with Crippen molar-refractivity contribution in [1.29, 1.82) is 5.26 Å². The van der Waals surface area contributed by atoms with Gasteiger partial charge in [0.25, 0.3) is 0 Å². The fraction of sp³-hybridized carbons (Fsp3) is 0.263. The van der Waals surface area contributed by atoms with Crippen molar-refractivity contribution in [3.8, 4) is 11.8 Å². The third-order valence-electron chi connectivity index (χ3n) is 4.12. The molecule has 128 valence electrons. The van der Waals surface area contributed by atoms with Gasteiger partial charge in [-0.05, 0) is 36.4 Å². The van der Waals surface area contributed by atoms with E-state index in [2.05, 4.69) is 11.4 Å². The number of carbonyl (C=O) groups excluding carboxylic acids is 1. The van der Waals surface area contributed by atoms with E-state index in [4.69, 9.17) is 21.6 Å². The molecule has 1 aliphatic heterocycles. The maximum atomic E-state index is 12.3. The number of hydrogen-bond donors (Lipinski definition) is 1. The number of para-hydroxylation sites is 1. The second kappa shape index (κ2) is 7.91. The molecule has 0 atom stereocenters. The molecule has 0 aliphatic carbocycles. The van der Waals surface area contributed by atoms with Gasteiger partial charge in [0.2, 0.25) is 0 Å². The third-order valence-corrected chi connectivity index (χ3v) is 4.44. The molecule has 1 aliphatic rings. The molecule has 0 aromatic heterocycles. The zero-order valence-electron chi connectivity index (χ0n) is 13.6. The highest BCUT2D eigenvalue weighted by atomic mass is 35.5. The Morgan fingerprint density at radius 3 is 2.48 bits per heavy atom. The molecule has 0 radical (unpaired) electrons. The number of hydrogen-bond acceptors (Lipinski definition) is 3. The van der Waals surface area contributed by atoms with Gasteiger partial charge in [0.1, 0.15) is 11.9 Å². The molecular weight excluding hydrogens is 338 g/mol. The number of anilines is 1. The topological polar surface area (TPSA) is 65.4 Å². The third kappa shape index (κ3) is 4.43. The second-order valence-corrected chi connectivity index (χ2v) is 6.26. The van der Waals surface area contributed by atoms with Crippen LogP contribution in [0, 0.1) is 11.3 Å². The van der Waals surface area contributed by atoms with Crippen LogP contribution < -0.4 is 10.1 Å². The molecule has 2 aromatic carbocycles. The number of carbonyl (C=O) groups is 1. The molecule has 5 nitrogen and oxygen atoms in total. The maximum absolute atomic E-state index is 12.3. The van der Waals surface area contributed by atoms with Gasteiger partial charge in [-0.15, -0.1) is 0 Å². The maximum Gasteiger partial charge on any atom is 0.321 e. The zero-order valence-corrected chi connectivity index (χ0v) is 14.4. The first-order valence-corrected chi connectivity index (χ1v) is 8.51. The normalized spacial score (nSPS) is 14.6. The predicted octanol–water partition coefficient (Wildman–Crippen LogP) is 4.29. The van der Waals surface area contributed by atoms with Gasteiger partial charge in [-0.25, -0.2) is 4.79 Å². The van der Waals surface area contributed by atoms with Crippen molar-refractivity contribution in [3.05, 3.63) is 59.1 Å². The van der Waals surface area contributed by atoms with Gasteiger partial charge in [0.15, 0.2) is 0 Å². The molecule has 1 heterocycles. The van der Waals surface area contributed by atoms with Gasteiger partial charge in [0.05, 0.1) is 16.7 Å². The van der Waals surface area contributed by atoms with Crippen molar-refractivity contribution >= 4 is 23.3 Å². The molecule has 25 heavy (non-hydrogen) atoms. The van der Waals surface area contributed by atoms with Crippen LogP contribution >= 0.6 is 11.6 Å². The zero-order chi connectivity index (χ0) is 17.6. The van der Waals surface area contributed by atoms with Crippen molar-refractivity contribution in [3.63, 3.8) is 0 Å². The molecule has 3 rings (SSSR count). The number of amides is 2. The number of ether oxygens (including phenoxy) is 1. The Morgan fingerprint density at radius 1 is 1.16 bits per heavy atom. The summed E-state index contributed by atoms with van der Waals surface area (Å²) in [6.45, 7) is 1.24. The van der Waals surface area contributed by atoms with Crippen LogP contribution in [0.4, 0.5) is 10.5 Å². The average Bonchev–Trinajstić information content (AvgIpc) is 2.65. The Kier molecular flexibility index (Phi) is 5.42. The number of rotatable bonds is 3. The number of likely N-dealkylation sites (tertiary alicyclic amines) is 1. The largest absolute Gasteiger partial charge is 0.489 e. The first kappa shape index (κ1) is 17.1. The van der Waals surface area contributed by atoms with Crippen LogP contribution in [0.5, 0.6) is 5.75 Å². The monoisotopic (exact) mass is 355 g/mol. The van der Waals surface area contributed by atoms with Crippen LogP contribution in [0.1, 0.15) is 18.4 Å². The van der Waals surface area contributed by atoms with E-state index >= 15 is 0 Å². The minimum Gasteiger partial charge on any atom is -0.489 e. The standard InChI is InChI=1S/C19H18ClN3O2/c20-17-3-1-2-4-18(17)25-16-9-11-23(12-10-16)19(24)22-15-7-5-14(13-21)6-8-15/h1-8,16H,9-12H2,(H,22,24). The highest BCUT2D eigenvalue weighted by Crippen LogP contribution is 2.26. The van der Waals surface area contributed by atoms with Crippen molar-refractivity contribution in [1.82, 2.24) is 4.90 Å². The summed E-state index contributed by atoms with van der Waals surface area (Å²) in [5.41, 5.74) is 1.24. The first-order valence-electron chi connectivity index (χ1n) is 8.13. The molecule has 1 N–H and O–H groups in total. The molecule has 0 spiro atoms. The Labute approximate surface area is 151 Å². The van der Waals surface area contributed by atoms with E-state index in [1.54, 1.807) is 35.2 Å². The minimum atomic E-state index is -0.138. The highest BCUT2D eigenvalue weighted by molar-refractivity contribution is 6.32. The molecule has 2 amide bonds. The Balaban J connectivity index is 1.50. The number of nitriles is 1. The fourth-order valence-corrected chi connectivity index (χ4v) is 2.91. The van der Waals surface area contributed by atoms with Crippen molar-refractivity contribution in [2.24, 2.45) is 0 Å². The van der Waals surface area contributed by atoms with Crippen LogP contribution in [-0.2, 0) is 0 Å². The van der Waals surface area contributed by atoms with Gasteiger partial charge in [-0.1, -0.05) is 23.7 Å². The number of piperidine rings is 1. The van der Waals surface area contributed by atoms with Crippen molar-refractivity contribution in [2.45, 2.75) is 18.9 Å². The molecule has 1 fully saturated rings. The molecule has 0 saturated carbocycles. The van der Waals surface area contributed by atoms with Crippen LogP contribution in [0.3, 0.4) is 0 Å². The van der Waals surface area contributed by atoms with E-state index < -0.39 is 0 Å². The summed E-state index contributed by atoms with van der Waals surface area (Å²) in [6.07, 6.45) is 1.57. The number of nitrogens with one attached hydrogen (secondary N) is 1. The van der Waals surface area contributed by atoms with Crippen LogP contribution in [0.25, 0.3) is 0 Å². The quantitative estimate of drug-likeness (QED) is 0.893. The second-order valence-electron chi connectivity index (χ2n) is 5.85. The summed E-state index contributed by atoms with van der Waals surface area (Å²) in [5.74, 6) is 0.685. The molecule has 0 bridgehead atoms. The van der Waals surface area contributed by atoms with Crippen molar-refractivity contribution < 1.29 is 9.53 Å². The van der Waals surface area contributed by atoms with E-state index in [9.17, 15) is 4.79 Å². The van der Waals surface area contributed by atoms with E-state index in [-0.39, 0.29) is 12.1 Å². The van der Waals surface area contributed by atoms with E-state index in [1.165, 1.54) is 0 Å². The highest BCUT2D eigenvalue weighted by Gasteiger charge is 2.24. The lowest BCUT2D eigenvalue weighted by molar-refractivity contribution is 0.115. The molecule has 0 unspecified atom stereocenters. The lowest BCUT2D eigenvalue weighted by Crippen LogP contribution is -2.43. The van der Waals surface area contributed by atoms with Gasteiger partial charge in [0, 0.05) is 31.6 Å². The average molecular weight is 356 g/mol. The first-order chi connectivity index (χ1) is 12.2.